The normalized spacial score (nSPS) is 24.4. The Labute approximate surface area is 130 Å². The Morgan fingerprint density at radius 2 is 2.15 bits per heavy atom. The van der Waals surface area contributed by atoms with E-state index in [4.69, 9.17) is 16.3 Å². The van der Waals surface area contributed by atoms with Crippen LogP contribution in [0.15, 0.2) is 21.4 Å². The third kappa shape index (κ3) is 2.43. The molecule has 20 heavy (non-hydrogen) atoms. The molecule has 3 rings (SSSR count). The van der Waals surface area contributed by atoms with Crippen molar-refractivity contribution in [2.24, 2.45) is 5.92 Å². The predicted octanol–water partition coefficient (Wildman–Crippen LogP) is 3.71. The van der Waals surface area contributed by atoms with E-state index in [1.807, 2.05) is 12.1 Å². The van der Waals surface area contributed by atoms with E-state index in [-0.39, 0.29) is 17.2 Å². The summed E-state index contributed by atoms with van der Waals surface area (Å²) in [5.41, 5.74) is 2.36. The molecular formula is C14H16BrClN2O2. The van der Waals surface area contributed by atoms with Gasteiger partial charge in [-0.25, -0.2) is 4.79 Å². The molecule has 3 unspecified atom stereocenters. The van der Waals surface area contributed by atoms with Gasteiger partial charge in [-0.2, -0.15) is 0 Å². The average molecular weight is 360 g/mol. The van der Waals surface area contributed by atoms with Gasteiger partial charge in [0.15, 0.2) is 0 Å². The zero-order chi connectivity index (χ0) is 14.3. The maximum Gasteiger partial charge on any atom is 0.323 e. The number of ether oxygens (including phenoxy) is 1. The number of imidazole rings is 1. The van der Waals surface area contributed by atoms with Crippen LogP contribution in [0, 0.1) is 5.92 Å². The molecule has 0 amide bonds. The molecule has 1 aromatic heterocycles. The van der Waals surface area contributed by atoms with Gasteiger partial charge in [0, 0.05) is 17.0 Å². The molecule has 1 fully saturated rings. The summed E-state index contributed by atoms with van der Waals surface area (Å²) in [7, 11) is 0. The third-order valence-corrected chi connectivity index (χ3v) is 5.21. The summed E-state index contributed by atoms with van der Waals surface area (Å²) < 4.78 is 6.64. The molecule has 2 N–H and O–H groups in total. The lowest BCUT2D eigenvalue weighted by molar-refractivity contribution is 0.0864. The van der Waals surface area contributed by atoms with Crippen LogP contribution in [0.25, 0.3) is 11.0 Å². The fourth-order valence-electron chi connectivity index (χ4n) is 2.94. The van der Waals surface area contributed by atoms with E-state index in [0.29, 0.717) is 5.92 Å². The smallest absolute Gasteiger partial charge is 0.323 e. The van der Waals surface area contributed by atoms with Gasteiger partial charge >= 0.3 is 5.69 Å². The van der Waals surface area contributed by atoms with Gasteiger partial charge in [0.2, 0.25) is 0 Å². The first-order chi connectivity index (χ1) is 9.60. The molecule has 3 atom stereocenters. The lowest BCUT2D eigenvalue weighted by Crippen LogP contribution is -2.19. The number of alkyl halides is 1. The molecule has 1 saturated heterocycles. The van der Waals surface area contributed by atoms with Crippen LogP contribution in [0.1, 0.15) is 30.7 Å². The first-order valence-corrected chi connectivity index (χ1v) is 8.00. The molecule has 0 saturated carbocycles. The van der Waals surface area contributed by atoms with Crippen molar-refractivity contribution < 1.29 is 4.74 Å². The summed E-state index contributed by atoms with van der Waals surface area (Å²) in [6, 6.07) is 3.84. The van der Waals surface area contributed by atoms with Crippen molar-refractivity contribution in [2.75, 3.05) is 6.61 Å². The summed E-state index contributed by atoms with van der Waals surface area (Å²) in [5, 5.41) is -0.125. The number of fused-ring (bicyclic) bond motifs is 1. The van der Waals surface area contributed by atoms with Gasteiger partial charge in [-0.3, -0.25) is 0 Å². The van der Waals surface area contributed by atoms with E-state index in [0.717, 1.165) is 40.5 Å². The van der Waals surface area contributed by atoms with Crippen LogP contribution in [0.4, 0.5) is 0 Å². The molecule has 6 heteroatoms. The van der Waals surface area contributed by atoms with E-state index in [1.165, 1.54) is 0 Å². The minimum atomic E-state index is -0.203. The van der Waals surface area contributed by atoms with Crippen molar-refractivity contribution in [3.05, 3.63) is 32.7 Å². The van der Waals surface area contributed by atoms with Crippen molar-refractivity contribution in [1.29, 1.82) is 0 Å². The summed E-state index contributed by atoms with van der Waals surface area (Å²) in [5.74, 6) is 0.307. The lowest BCUT2D eigenvalue weighted by Gasteiger charge is -2.23. The highest BCUT2D eigenvalue weighted by molar-refractivity contribution is 9.10. The molecule has 4 nitrogen and oxygen atoms in total. The molecule has 0 spiro atoms. The predicted molar refractivity (Wildman–Crippen MR) is 83.4 cm³/mol. The molecule has 1 aromatic carbocycles. The van der Waals surface area contributed by atoms with Crippen molar-refractivity contribution in [1.82, 2.24) is 9.97 Å². The molecule has 1 aliphatic heterocycles. The van der Waals surface area contributed by atoms with Crippen molar-refractivity contribution in [3.63, 3.8) is 0 Å². The van der Waals surface area contributed by atoms with E-state index in [9.17, 15) is 4.79 Å². The second-order valence-electron chi connectivity index (χ2n) is 5.17. The Kier molecular flexibility index (Phi) is 3.93. The minimum Gasteiger partial charge on any atom is -0.378 e. The van der Waals surface area contributed by atoms with Crippen LogP contribution in [-0.2, 0) is 4.74 Å². The number of nitrogens with one attached hydrogen (secondary N) is 2. The van der Waals surface area contributed by atoms with E-state index < -0.39 is 0 Å². The Hall–Kier alpha value is -0.780. The largest absolute Gasteiger partial charge is 0.378 e. The molecule has 0 aliphatic carbocycles. The fraction of sp³-hybridized carbons (Fsp3) is 0.500. The Bertz CT molecular complexity index is 681. The van der Waals surface area contributed by atoms with Crippen LogP contribution in [0.3, 0.4) is 0 Å². The zero-order valence-electron chi connectivity index (χ0n) is 11.1. The standard InChI is InChI=1S/C14H16BrClN2O2/c1-2-12-7(3-4-20-12)13(16)8-5-10-11(6-9(8)15)18-14(19)17-10/h5-7,12-13H,2-4H2,1H3,(H2,17,18,19). The van der Waals surface area contributed by atoms with Crippen molar-refractivity contribution in [3.8, 4) is 0 Å². The topological polar surface area (TPSA) is 57.9 Å². The number of hydrogen-bond acceptors (Lipinski definition) is 2. The number of aromatic nitrogens is 2. The molecule has 0 radical (unpaired) electrons. The molecule has 2 heterocycles. The average Bonchev–Trinajstić information content (AvgIpc) is 3.01. The number of aromatic amines is 2. The van der Waals surface area contributed by atoms with Gasteiger partial charge in [0.1, 0.15) is 0 Å². The van der Waals surface area contributed by atoms with Crippen LogP contribution < -0.4 is 5.69 Å². The monoisotopic (exact) mass is 358 g/mol. The van der Waals surface area contributed by atoms with Gasteiger partial charge in [-0.15, -0.1) is 11.6 Å². The summed E-state index contributed by atoms with van der Waals surface area (Å²) in [6.07, 6.45) is 2.15. The second-order valence-corrected chi connectivity index (χ2v) is 6.49. The van der Waals surface area contributed by atoms with Crippen LogP contribution >= 0.6 is 27.5 Å². The molecule has 2 aromatic rings. The Morgan fingerprint density at radius 3 is 2.85 bits per heavy atom. The van der Waals surface area contributed by atoms with Gasteiger partial charge < -0.3 is 14.7 Å². The fourth-order valence-corrected chi connectivity index (χ4v) is 4.13. The lowest BCUT2D eigenvalue weighted by atomic mass is 9.91. The summed E-state index contributed by atoms with van der Waals surface area (Å²) in [4.78, 5) is 16.9. The second kappa shape index (κ2) is 5.54. The quantitative estimate of drug-likeness (QED) is 0.821. The Morgan fingerprint density at radius 1 is 1.45 bits per heavy atom. The maximum absolute atomic E-state index is 11.4. The van der Waals surface area contributed by atoms with E-state index >= 15 is 0 Å². The van der Waals surface area contributed by atoms with Gasteiger partial charge in [0.25, 0.3) is 0 Å². The summed E-state index contributed by atoms with van der Waals surface area (Å²) >= 11 is 10.2. The molecule has 108 valence electrons. The Balaban J connectivity index is 2.00. The highest BCUT2D eigenvalue weighted by Crippen LogP contribution is 2.42. The highest BCUT2D eigenvalue weighted by atomic mass is 79.9. The minimum absolute atomic E-state index is 0.125. The molecule has 1 aliphatic rings. The van der Waals surface area contributed by atoms with Crippen LogP contribution in [0.2, 0.25) is 0 Å². The molecule has 0 bridgehead atoms. The van der Waals surface area contributed by atoms with Gasteiger partial charge in [-0.05, 0) is 30.5 Å². The third-order valence-electron chi connectivity index (χ3n) is 3.97. The number of hydrogen-bond donors (Lipinski definition) is 2. The number of rotatable bonds is 3. The summed E-state index contributed by atoms with van der Waals surface area (Å²) in [6.45, 7) is 2.89. The van der Waals surface area contributed by atoms with Crippen LogP contribution in [-0.4, -0.2) is 22.7 Å². The first kappa shape index (κ1) is 14.2. The SMILES string of the molecule is CCC1OCCC1C(Cl)c1cc2[nH]c(=O)[nH]c2cc1Br. The van der Waals surface area contributed by atoms with E-state index in [2.05, 4.69) is 32.8 Å². The maximum atomic E-state index is 11.4. The highest BCUT2D eigenvalue weighted by Gasteiger charge is 2.34. The number of H-pyrrole nitrogens is 2. The van der Waals surface area contributed by atoms with E-state index in [1.54, 1.807) is 0 Å². The van der Waals surface area contributed by atoms with Gasteiger partial charge in [0.05, 0.1) is 22.5 Å². The number of benzene rings is 1. The zero-order valence-corrected chi connectivity index (χ0v) is 13.4. The van der Waals surface area contributed by atoms with Crippen LogP contribution in [0.5, 0.6) is 0 Å². The number of halogens is 2. The first-order valence-electron chi connectivity index (χ1n) is 6.77. The molecular weight excluding hydrogens is 344 g/mol. The van der Waals surface area contributed by atoms with Crippen molar-refractivity contribution >= 4 is 38.6 Å². The van der Waals surface area contributed by atoms with Crippen molar-refractivity contribution in [2.45, 2.75) is 31.2 Å². The van der Waals surface area contributed by atoms with Gasteiger partial charge in [-0.1, -0.05) is 22.9 Å².